The number of carbonyl (C=O) groups excluding carboxylic acids is 3. The summed E-state index contributed by atoms with van der Waals surface area (Å²) in [4.78, 5) is 41.0. The Morgan fingerprint density at radius 1 is 1.19 bits per heavy atom. The number of carbonyl (C=O) groups is 3. The molecule has 1 saturated heterocycles. The van der Waals surface area contributed by atoms with Crippen molar-refractivity contribution < 1.29 is 14.4 Å². The normalized spacial score (nSPS) is 19.7. The lowest BCUT2D eigenvalue weighted by Crippen LogP contribution is -2.46. The highest BCUT2D eigenvalue weighted by molar-refractivity contribution is 9.10. The number of benzene rings is 1. The number of likely N-dealkylation sites (N-methyl/N-ethyl adjacent to an activating group) is 1. The zero-order valence-corrected chi connectivity index (χ0v) is 17.0. The molecule has 0 spiro atoms. The number of halogens is 1. The molecule has 1 fully saturated rings. The van der Waals surface area contributed by atoms with Crippen LogP contribution in [0.5, 0.6) is 0 Å². The highest BCUT2D eigenvalue weighted by atomic mass is 79.9. The first-order valence-electron chi connectivity index (χ1n) is 9.43. The van der Waals surface area contributed by atoms with Crippen LogP contribution in [-0.2, 0) is 14.4 Å². The lowest BCUT2D eigenvalue weighted by atomic mass is 10.1. The van der Waals surface area contributed by atoms with Crippen molar-refractivity contribution in [3.05, 3.63) is 28.2 Å². The Bertz CT molecular complexity index is 734. The molecule has 0 aromatic heterocycles. The van der Waals surface area contributed by atoms with E-state index in [0.717, 1.165) is 29.8 Å². The summed E-state index contributed by atoms with van der Waals surface area (Å²) in [6.07, 6.45) is 3.62. The summed E-state index contributed by atoms with van der Waals surface area (Å²) in [5.41, 5.74) is 1.46. The molecular formula is C19H25BrN4O3. The Labute approximate surface area is 167 Å². The van der Waals surface area contributed by atoms with Crippen LogP contribution in [0, 0.1) is 0 Å². The number of rotatable bonds is 5. The maximum absolute atomic E-state index is 12.6. The van der Waals surface area contributed by atoms with Gasteiger partial charge in [0.25, 0.3) is 5.91 Å². The summed E-state index contributed by atoms with van der Waals surface area (Å²) in [5.74, 6) is -1.71. The van der Waals surface area contributed by atoms with Gasteiger partial charge in [-0.3, -0.25) is 14.4 Å². The van der Waals surface area contributed by atoms with E-state index in [1.165, 1.54) is 19.3 Å². The van der Waals surface area contributed by atoms with Gasteiger partial charge in [-0.15, -0.1) is 0 Å². The largest absolute Gasteiger partial charge is 0.347 e. The molecule has 1 aromatic carbocycles. The smallest absolute Gasteiger partial charge is 0.310 e. The quantitative estimate of drug-likeness (QED) is 0.686. The summed E-state index contributed by atoms with van der Waals surface area (Å²) in [5, 5.41) is 5.24. The molecule has 0 radical (unpaired) electrons. The van der Waals surface area contributed by atoms with Crippen molar-refractivity contribution in [2.45, 2.75) is 32.2 Å². The third-order valence-electron chi connectivity index (χ3n) is 5.06. The number of nitrogens with one attached hydrogen (secondary N) is 2. The van der Waals surface area contributed by atoms with Crippen molar-refractivity contribution in [2.24, 2.45) is 0 Å². The highest BCUT2D eigenvalue weighted by Gasteiger charge is 2.38. The number of nitrogens with zero attached hydrogens (tertiary/aromatic N) is 2. The van der Waals surface area contributed by atoms with Gasteiger partial charge in [-0.25, -0.2) is 0 Å². The average molecular weight is 437 g/mol. The van der Waals surface area contributed by atoms with E-state index in [9.17, 15) is 14.4 Å². The van der Waals surface area contributed by atoms with Crippen LogP contribution in [0.3, 0.4) is 0 Å². The van der Waals surface area contributed by atoms with Gasteiger partial charge in [0.05, 0.1) is 0 Å². The number of likely N-dealkylation sites (tertiary alicyclic amines) is 1. The van der Waals surface area contributed by atoms with Gasteiger partial charge in [-0.2, -0.15) is 0 Å². The fourth-order valence-corrected chi connectivity index (χ4v) is 4.04. The monoisotopic (exact) mass is 436 g/mol. The average Bonchev–Trinajstić information content (AvgIpc) is 2.93. The zero-order chi connectivity index (χ0) is 19.4. The predicted molar refractivity (Wildman–Crippen MR) is 106 cm³/mol. The number of hydrogen-bond acceptors (Lipinski definition) is 4. The molecule has 1 atom stereocenters. The fourth-order valence-electron chi connectivity index (χ4n) is 3.66. The maximum atomic E-state index is 12.6. The van der Waals surface area contributed by atoms with Gasteiger partial charge in [0.2, 0.25) is 0 Å². The summed E-state index contributed by atoms with van der Waals surface area (Å²) in [7, 11) is 0. The molecule has 146 valence electrons. The minimum absolute atomic E-state index is 0.222. The first-order chi connectivity index (χ1) is 13.0. The fraction of sp³-hybridized carbons (Fsp3) is 0.526. The Balaban J connectivity index is 1.57. The first-order valence-corrected chi connectivity index (χ1v) is 10.2. The van der Waals surface area contributed by atoms with Crippen molar-refractivity contribution in [2.75, 3.05) is 37.6 Å². The Hall–Kier alpha value is -1.93. The van der Waals surface area contributed by atoms with Crippen LogP contribution >= 0.6 is 15.9 Å². The van der Waals surface area contributed by atoms with Gasteiger partial charge < -0.3 is 20.4 Å². The number of hydrogen-bond donors (Lipinski definition) is 2. The summed E-state index contributed by atoms with van der Waals surface area (Å²) < 4.78 is 0.817. The maximum Gasteiger partial charge on any atom is 0.310 e. The van der Waals surface area contributed by atoms with Crippen LogP contribution in [0.15, 0.2) is 22.7 Å². The van der Waals surface area contributed by atoms with E-state index < -0.39 is 17.9 Å². The van der Waals surface area contributed by atoms with Gasteiger partial charge in [0.15, 0.2) is 0 Å². The van der Waals surface area contributed by atoms with Crippen LogP contribution < -0.4 is 15.5 Å². The van der Waals surface area contributed by atoms with Gasteiger partial charge in [0, 0.05) is 35.4 Å². The molecule has 7 nitrogen and oxygen atoms in total. The van der Waals surface area contributed by atoms with E-state index in [4.69, 9.17) is 0 Å². The van der Waals surface area contributed by atoms with E-state index in [-0.39, 0.29) is 5.91 Å². The van der Waals surface area contributed by atoms with Crippen LogP contribution in [0.1, 0.15) is 37.8 Å². The molecule has 2 aliphatic heterocycles. The Morgan fingerprint density at radius 3 is 2.63 bits per heavy atom. The first kappa shape index (κ1) is 19.8. The zero-order valence-electron chi connectivity index (χ0n) is 15.5. The van der Waals surface area contributed by atoms with E-state index in [1.54, 1.807) is 4.90 Å². The van der Waals surface area contributed by atoms with Crippen LogP contribution in [0.2, 0.25) is 0 Å². The molecule has 1 aromatic rings. The predicted octanol–water partition coefficient (Wildman–Crippen LogP) is 1.57. The minimum Gasteiger partial charge on any atom is -0.347 e. The number of piperidine rings is 1. The second kappa shape index (κ2) is 8.84. The third-order valence-corrected chi connectivity index (χ3v) is 5.56. The van der Waals surface area contributed by atoms with Crippen LogP contribution in [0.25, 0.3) is 0 Å². The van der Waals surface area contributed by atoms with Crippen LogP contribution in [0.4, 0.5) is 5.69 Å². The van der Waals surface area contributed by atoms with E-state index in [2.05, 4.69) is 31.5 Å². The van der Waals surface area contributed by atoms with Gasteiger partial charge in [-0.1, -0.05) is 22.4 Å². The molecule has 27 heavy (non-hydrogen) atoms. The molecule has 2 heterocycles. The lowest BCUT2D eigenvalue weighted by molar-refractivity contribution is -0.140. The number of anilines is 1. The van der Waals surface area contributed by atoms with Gasteiger partial charge in [0.1, 0.15) is 6.04 Å². The van der Waals surface area contributed by atoms with Crippen molar-refractivity contribution in [1.82, 2.24) is 15.5 Å². The molecule has 3 rings (SSSR count). The molecule has 2 N–H and O–H groups in total. The Kier molecular flexibility index (Phi) is 6.49. The van der Waals surface area contributed by atoms with Crippen molar-refractivity contribution in [3.63, 3.8) is 0 Å². The summed E-state index contributed by atoms with van der Waals surface area (Å²) >= 11 is 3.39. The number of amides is 3. The highest BCUT2D eigenvalue weighted by Crippen LogP contribution is 2.37. The van der Waals surface area contributed by atoms with E-state index >= 15 is 0 Å². The van der Waals surface area contributed by atoms with Crippen molar-refractivity contribution >= 4 is 39.3 Å². The molecule has 2 aliphatic rings. The van der Waals surface area contributed by atoms with Crippen molar-refractivity contribution in [3.8, 4) is 0 Å². The molecule has 8 heteroatoms. The minimum atomic E-state index is -0.835. The van der Waals surface area contributed by atoms with E-state index in [1.807, 2.05) is 25.1 Å². The number of fused-ring (bicyclic) bond motifs is 1. The lowest BCUT2D eigenvalue weighted by Gasteiger charge is -2.26. The van der Waals surface area contributed by atoms with Gasteiger partial charge in [-0.05, 0) is 51.1 Å². The standard InChI is InChI=1S/C19H25BrN4O3/c1-2-24-15-7-6-13(20)12-14(15)16(19(24)27)22-18(26)17(25)21-8-11-23-9-4-3-5-10-23/h6-7,12,16H,2-5,8-11H2,1H3,(H,21,25)(H,22,26)/t16-/m1/s1. The molecular weight excluding hydrogens is 412 g/mol. The second-order valence-corrected chi connectivity index (χ2v) is 7.77. The second-order valence-electron chi connectivity index (χ2n) is 6.85. The van der Waals surface area contributed by atoms with E-state index in [0.29, 0.717) is 18.7 Å². The Morgan fingerprint density at radius 2 is 1.93 bits per heavy atom. The van der Waals surface area contributed by atoms with Crippen LogP contribution in [-0.4, -0.2) is 55.3 Å². The molecule has 0 bridgehead atoms. The van der Waals surface area contributed by atoms with Crippen molar-refractivity contribution in [1.29, 1.82) is 0 Å². The summed E-state index contributed by atoms with van der Waals surface area (Å²) in [6, 6.07) is 4.66. The molecule has 0 aliphatic carbocycles. The summed E-state index contributed by atoms with van der Waals surface area (Å²) in [6.45, 7) is 5.62. The molecule has 3 amide bonds. The third kappa shape index (κ3) is 4.50. The topological polar surface area (TPSA) is 81.8 Å². The molecule has 0 unspecified atom stereocenters. The SMILES string of the molecule is CCN1C(=O)[C@H](NC(=O)C(=O)NCCN2CCCCC2)c2cc(Br)ccc21. The molecule has 0 saturated carbocycles. The van der Waals surface area contributed by atoms with Gasteiger partial charge >= 0.3 is 11.8 Å².